The summed E-state index contributed by atoms with van der Waals surface area (Å²) in [5.74, 6) is 0.631. The highest BCUT2D eigenvalue weighted by Crippen LogP contribution is 2.35. The van der Waals surface area contributed by atoms with Crippen molar-refractivity contribution in [1.29, 1.82) is 0 Å². The minimum atomic E-state index is 0.631. The first-order valence-corrected chi connectivity index (χ1v) is 8.17. The van der Waals surface area contributed by atoms with Gasteiger partial charge >= 0.3 is 0 Å². The highest BCUT2D eigenvalue weighted by Gasteiger charge is 2.19. The van der Waals surface area contributed by atoms with Gasteiger partial charge in [-0.2, -0.15) is 5.10 Å². The molecule has 23 heavy (non-hydrogen) atoms. The molecule has 4 aromatic heterocycles. The summed E-state index contributed by atoms with van der Waals surface area (Å²) >= 11 is 0. The second-order valence-corrected chi connectivity index (χ2v) is 6.26. The second-order valence-electron chi connectivity index (χ2n) is 6.26. The Morgan fingerprint density at radius 1 is 1.09 bits per heavy atom. The smallest absolute Gasteiger partial charge is 0.153 e. The van der Waals surface area contributed by atoms with Crippen LogP contribution in [-0.4, -0.2) is 24.6 Å². The van der Waals surface area contributed by atoms with Crippen molar-refractivity contribution in [3.8, 4) is 11.3 Å². The predicted octanol–water partition coefficient (Wildman–Crippen LogP) is 3.93. The van der Waals surface area contributed by atoms with Gasteiger partial charge in [0.1, 0.15) is 5.65 Å². The van der Waals surface area contributed by atoms with Crippen molar-refractivity contribution < 1.29 is 0 Å². The van der Waals surface area contributed by atoms with E-state index in [9.17, 15) is 0 Å². The average Bonchev–Trinajstić information content (AvgIpc) is 3.32. The Labute approximate surface area is 133 Å². The normalized spacial score (nSPS) is 15.8. The predicted molar refractivity (Wildman–Crippen MR) is 89.3 cm³/mol. The van der Waals surface area contributed by atoms with Crippen LogP contribution in [-0.2, 0) is 0 Å². The molecule has 1 saturated carbocycles. The van der Waals surface area contributed by atoms with E-state index in [0.717, 1.165) is 27.9 Å². The van der Waals surface area contributed by atoms with E-state index in [1.807, 2.05) is 24.5 Å². The van der Waals surface area contributed by atoms with Crippen molar-refractivity contribution in [2.24, 2.45) is 0 Å². The van der Waals surface area contributed by atoms with E-state index in [1.165, 1.54) is 31.4 Å². The molecule has 0 atom stereocenters. The average molecular weight is 303 g/mol. The third kappa shape index (κ3) is 2.04. The molecular formula is C18H17N5. The molecule has 4 aromatic rings. The monoisotopic (exact) mass is 303 g/mol. The standard InChI is InChI=1S/C18H17N5/c1-2-4-12(3-1)15-6-5-13-14(11-20-18(13)21-15)16-7-8-17-19-9-10-23(17)22-16/h5-12H,1-4H2,(H,20,21). The maximum Gasteiger partial charge on any atom is 0.153 e. The first-order valence-electron chi connectivity index (χ1n) is 8.17. The quantitative estimate of drug-likeness (QED) is 0.610. The van der Waals surface area contributed by atoms with Gasteiger partial charge in [-0.3, -0.25) is 0 Å². The molecule has 0 radical (unpaired) electrons. The van der Waals surface area contributed by atoms with E-state index in [4.69, 9.17) is 4.98 Å². The summed E-state index contributed by atoms with van der Waals surface area (Å²) in [4.78, 5) is 12.4. The summed E-state index contributed by atoms with van der Waals surface area (Å²) in [6.45, 7) is 0. The highest BCUT2D eigenvalue weighted by molar-refractivity contribution is 5.92. The largest absolute Gasteiger partial charge is 0.345 e. The molecule has 0 spiro atoms. The van der Waals surface area contributed by atoms with Gasteiger partial charge in [0.15, 0.2) is 5.65 Å². The van der Waals surface area contributed by atoms with E-state index >= 15 is 0 Å². The van der Waals surface area contributed by atoms with Crippen LogP contribution in [0.3, 0.4) is 0 Å². The van der Waals surface area contributed by atoms with Gasteiger partial charge in [0.25, 0.3) is 0 Å². The van der Waals surface area contributed by atoms with Gasteiger partial charge in [-0.1, -0.05) is 12.8 Å². The lowest BCUT2D eigenvalue weighted by atomic mass is 10.0. The number of rotatable bonds is 2. The Morgan fingerprint density at radius 3 is 2.91 bits per heavy atom. The van der Waals surface area contributed by atoms with E-state index in [1.54, 1.807) is 10.7 Å². The Kier molecular flexibility index (Phi) is 2.74. The molecule has 0 aromatic carbocycles. The van der Waals surface area contributed by atoms with Gasteiger partial charge in [0.05, 0.1) is 5.69 Å². The van der Waals surface area contributed by atoms with Crippen LogP contribution in [0.5, 0.6) is 0 Å². The fourth-order valence-electron chi connectivity index (χ4n) is 3.64. The molecule has 0 unspecified atom stereocenters. The van der Waals surface area contributed by atoms with E-state index in [-0.39, 0.29) is 0 Å². The number of imidazole rings is 1. The third-order valence-electron chi connectivity index (χ3n) is 4.86. The number of pyridine rings is 1. The van der Waals surface area contributed by atoms with Crippen molar-refractivity contribution in [2.45, 2.75) is 31.6 Å². The topological polar surface area (TPSA) is 58.9 Å². The zero-order valence-electron chi connectivity index (χ0n) is 12.7. The summed E-state index contributed by atoms with van der Waals surface area (Å²) in [5.41, 5.74) is 5.05. The second kappa shape index (κ2) is 4.91. The number of nitrogens with zero attached hydrogens (tertiary/aromatic N) is 4. The van der Waals surface area contributed by atoms with Crippen LogP contribution in [0.2, 0.25) is 0 Å². The molecule has 114 valence electrons. The third-order valence-corrected chi connectivity index (χ3v) is 4.86. The molecule has 1 fully saturated rings. The summed E-state index contributed by atoms with van der Waals surface area (Å²) < 4.78 is 1.80. The van der Waals surface area contributed by atoms with Crippen LogP contribution in [0.4, 0.5) is 0 Å². The first kappa shape index (κ1) is 12.8. The maximum absolute atomic E-state index is 4.85. The Bertz CT molecular complexity index is 991. The Morgan fingerprint density at radius 2 is 2.00 bits per heavy atom. The first-order chi connectivity index (χ1) is 11.4. The van der Waals surface area contributed by atoms with Gasteiger partial charge in [-0.05, 0) is 37.1 Å². The summed E-state index contributed by atoms with van der Waals surface area (Å²) in [6, 6.07) is 8.37. The van der Waals surface area contributed by atoms with Crippen LogP contribution in [0.25, 0.3) is 27.9 Å². The number of aromatic nitrogens is 5. The minimum absolute atomic E-state index is 0.631. The SMILES string of the molecule is c1cn2nc(-c3c[nH]c4nc(C5CCCC5)ccc34)ccc2n1. The minimum Gasteiger partial charge on any atom is -0.345 e. The molecule has 0 aliphatic heterocycles. The van der Waals surface area contributed by atoms with Crippen molar-refractivity contribution in [3.05, 3.63) is 48.5 Å². The summed E-state index contributed by atoms with van der Waals surface area (Å²) in [6.07, 6.45) is 10.8. The lowest BCUT2D eigenvalue weighted by Gasteiger charge is -2.08. The van der Waals surface area contributed by atoms with Crippen molar-refractivity contribution in [3.63, 3.8) is 0 Å². The van der Waals surface area contributed by atoms with Crippen LogP contribution in [0, 0.1) is 0 Å². The summed E-state index contributed by atoms with van der Waals surface area (Å²) in [7, 11) is 0. The number of nitrogens with one attached hydrogen (secondary N) is 1. The molecule has 5 nitrogen and oxygen atoms in total. The van der Waals surface area contributed by atoms with Gasteiger partial charge in [0, 0.05) is 41.2 Å². The van der Waals surface area contributed by atoms with Crippen molar-refractivity contribution in [2.75, 3.05) is 0 Å². The molecule has 0 amide bonds. The fraction of sp³-hybridized carbons (Fsp3) is 0.278. The number of aromatic amines is 1. The Hall–Kier alpha value is -2.69. The molecule has 5 heteroatoms. The van der Waals surface area contributed by atoms with E-state index in [0.29, 0.717) is 5.92 Å². The molecule has 1 aliphatic rings. The maximum atomic E-state index is 4.85. The lowest BCUT2D eigenvalue weighted by molar-refractivity contribution is 0.700. The van der Waals surface area contributed by atoms with Gasteiger partial charge in [-0.15, -0.1) is 0 Å². The van der Waals surface area contributed by atoms with Crippen molar-refractivity contribution >= 4 is 16.7 Å². The highest BCUT2D eigenvalue weighted by atomic mass is 15.2. The van der Waals surface area contributed by atoms with Crippen LogP contribution < -0.4 is 0 Å². The number of H-pyrrole nitrogens is 1. The van der Waals surface area contributed by atoms with Crippen molar-refractivity contribution in [1.82, 2.24) is 24.6 Å². The molecular weight excluding hydrogens is 286 g/mol. The molecule has 0 saturated heterocycles. The van der Waals surface area contributed by atoms with Crippen LogP contribution in [0.15, 0.2) is 42.9 Å². The lowest BCUT2D eigenvalue weighted by Crippen LogP contribution is -1.96. The molecule has 5 rings (SSSR count). The van der Waals surface area contributed by atoms with E-state index < -0.39 is 0 Å². The number of hydrogen-bond donors (Lipinski definition) is 1. The van der Waals surface area contributed by atoms with E-state index in [2.05, 4.69) is 27.2 Å². The zero-order chi connectivity index (χ0) is 15.2. The number of fused-ring (bicyclic) bond motifs is 2. The van der Waals surface area contributed by atoms with Crippen LogP contribution >= 0.6 is 0 Å². The van der Waals surface area contributed by atoms with Gasteiger partial charge in [0.2, 0.25) is 0 Å². The Balaban J connectivity index is 1.61. The number of hydrogen-bond acceptors (Lipinski definition) is 3. The molecule has 1 N–H and O–H groups in total. The van der Waals surface area contributed by atoms with Crippen LogP contribution in [0.1, 0.15) is 37.3 Å². The van der Waals surface area contributed by atoms with Gasteiger partial charge < -0.3 is 4.98 Å². The molecule has 0 bridgehead atoms. The summed E-state index contributed by atoms with van der Waals surface area (Å²) in [5, 5.41) is 5.76. The van der Waals surface area contributed by atoms with Gasteiger partial charge in [-0.25, -0.2) is 14.5 Å². The fourth-order valence-corrected chi connectivity index (χ4v) is 3.64. The molecule has 4 heterocycles. The zero-order valence-corrected chi connectivity index (χ0v) is 12.7. The molecule has 1 aliphatic carbocycles.